The van der Waals surface area contributed by atoms with Gasteiger partial charge < -0.3 is 10.1 Å². The van der Waals surface area contributed by atoms with E-state index >= 15 is 0 Å². The molecule has 7 nitrogen and oxygen atoms in total. The van der Waals surface area contributed by atoms with Gasteiger partial charge in [0.25, 0.3) is 5.91 Å². The Labute approximate surface area is 204 Å². The lowest BCUT2D eigenvalue weighted by molar-refractivity contribution is 0.0635. The second kappa shape index (κ2) is 10.4. The number of thiophene rings is 1. The average molecular weight is 500 g/mol. The Morgan fingerprint density at radius 2 is 1.74 bits per heavy atom. The zero-order valence-electron chi connectivity index (χ0n) is 19.9. The van der Waals surface area contributed by atoms with Gasteiger partial charge >= 0.3 is 6.09 Å². The van der Waals surface area contributed by atoms with Crippen molar-refractivity contribution < 1.29 is 18.5 Å². The number of nitrogens with zero attached hydrogens (tertiary/aromatic N) is 1. The SMILES string of the molecule is CCN=S(C)(=O)c1ccc(C(=O)Nc2cc(-c3cccs3)ccc2NC(=O)OC(C)(C)C)cc1. The maximum atomic E-state index is 13.0. The molecule has 0 radical (unpaired) electrons. The van der Waals surface area contributed by atoms with Crippen LogP contribution in [0.4, 0.5) is 16.2 Å². The summed E-state index contributed by atoms with van der Waals surface area (Å²) in [6.45, 7) is 7.62. The van der Waals surface area contributed by atoms with Crippen molar-refractivity contribution in [3.63, 3.8) is 0 Å². The summed E-state index contributed by atoms with van der Waals surface area (Å²) in [6.07, 6.45) is 0.963. The highest BCUT2D eigenvalue weighted by atomic mass is 32.2. The first-order chi connectivity index (χ1) is 16.0. The molecule has 0 fully saturated rings. The second-order valence-corrected chi connectivity index (χ2v) is 11.9. The van der Waals surface area contributed by atoms with Gasteiger partial charge in [-0.1, -0.05) is 12.1 Å². The van der Waals surface area contributed by atoms with Gasteiger partial charge in [0.05, 0.1) is 21.1 Å². The lowest BCUT2D eigenvalue weighted by Crippen LogP contribution is -2.27. The van der Waals surface area contributed by atoms with Crippen LogP contribution in [0.15, 0.2) is 69.2 Å². The normalized spacial score (nSPS) is 13.0. The molecule has 0 spiro atoms. The molecular formula is C25H29N3O4S2. The molecular weight excluding hydrogens is 470 g/mol. The number of hydrogen-bond donors (Lipinski definition) is 2. The summed E-state index contributed by atoms with van der Waals surface area (Å²) in [7, 11) is -2.49. The van der Waals surface area contributed by atoms with E-state index in [0.717, 1.165) is 10.4 Å². The van der Waals surface area contributed by atoms with Gasteiger partial charge in [-0.25, -0.2) is 13.4 Å². The molecule has 2 N–H and O–H groups in total. The molecule has 2 aromatic carbocycles. The molecule has 0 bridgehead atoms. The molecule has 0 aliphatic carbocycles. The van der Waals surface area contributed by atoms with E-state index in [2.05, 4.69) is 15.0 Å². The topological polar surface area (TPSA) is 96.9 Å². The fraction of sp³-hybridized carbons (Fsp3) is 0.280. The van der Waals surface area contributed by atoms with E-state index in [4.69, 9.17) is 4.74 Å². The Kier molecular flexibility index (Phi) is 7.78. The number of carbonyl (C=O) groups excluding carboxylic acids is 2. The maximum absolute atomic E-state index is 13.0. The van der Waals surface area contributed by atoms with Crippen LogP contribution in [0.1, 0.15) is 38.1 Å². The molecule has 180 valence electrons. The molecule has 0 aliphatic rings. The summed E-state index contributed by atoms with van der Waals surface area (Å²) in [5.41, 5.74) is 1.49. The summed E-state index contributed by atoms with van der Waals surface area (Å²) in [6, 6.07) is 15.9. The third-order valence-electron chi connectivity index (χ3n) is 4.64. The Hall–Kier alpha value is -3.17. The van der Waals surface area contributed by atoms with Crippen molar-refractivity contribution in [2.45, 2.75) is 38.2 Å². The highest BCUT2D eigenvalue weighted by Gasteiger charge is 2.19. The largest absolute Gasteiger partial charge is 0.444 e. The van der Waals surface area contributed by atoms with Crippen LogP contribution in [0.2, 0.25) is 0 Å². The third-order valence-corrected chi connectivity index (χ3v) is 7.46. The second-order valence-electron chi connectivity index (χ2n) is 8.59. The number of rotatable bonds is 6. The number of amides is 2. The summed E-state index contributed by atoms with van der Waals surface area (Å²) in [5, 5.41) is 7.57. The molecule has 1 atom stereocenters. The van der Waals surface area contributed by atoms with E-state index in [1.54, 1.807) is 68.7 Å². The van der Waals surface area contributed by atoms with Crippen LogP contribution in [0.3, 0.4) is 0 Å². The van der Waals surface area contributed by atoms with E-state index in [-0.39, 0.29) is 5.91 Å². The maximum Gasteiger partial charge on any atom is 0.412 e. The molecule has 0 saturated carbocycles. The van der Waals surface area contributed by atoms with E-state index in [1.165, 1.54) is 0 Å². The highest BCUT2D eigenvalue weighted by molar-refractivity contribution is 7.93. The van der Waals surface area contributed by atoms with Crippen LogP contribution in [0.25, 0.3) is 10.4 Å². The summed E-state index contributed by atoms with van der Waals surface area (Å²) in [4.78, 5) is 27.0. The van der Waals surface area contributed by atoms with E-state index in [1.807, 2.05) is 36.6 Å². The lowest BCUT2D eigenvalue weighted by atomic mass is 10.1. The average Bonchev–Trinajstić information content (AvgIpc) is 3.28. The molecule has 0 saturated heterocycles. The molecule has 34 heavy (non-hydrogen) atoms. The summed E-state index contributed by atoms with van der Waals surface area (Å²) in [5.74, 6) is -0.364. The number of hydrogen-bond acceptors (Lipinski definition) is 6. The zero-order valence-corrected chi connectivity index (χ0v) is 21.5. The van der Waals surface area contributed by atoms with Crippen LogP contribution < -0.4 is 10.6 Å². The molecule has 1 aromatic heterocycles. The van der Waals surface area contributed by atoms with Crippen LogP contribution in [0, 0.1) is 0 Å². The predicted octanol–water partition coefficient (Wildman–Crippen LogP) is 6.49. The fourth-order valence-corrected chi connectivity index (χ4v) is 5.15. The molecule has 3 rings (SSSR count). The monoisotopic (exact) mass is 499 g/mol. The minimum atomic E-state index is -2.49. The van der Waals surface area contributed by atoms with Crippen LogP contribution >= 0.6 is 11.3 Å². The van der Waals surface area contributed by atoms with Crippen LogP contribution in [-0.4, -0.2) is 34.6 Å². The number of anilines is 2. The highest BCUT2D eigenvalue weighted by Crippen LogP contribution is 2.32. The zero-order chi connectivity index (χ0) is 24.9. The number of ether oxygens (including phenoxy) is 1. The fourth-order valence-electron chi connectivity index (χ4n) is 3.14. The Balaban J connectivity index is 1.89. The Bertz CT molecular complexity index is 1280. The van der Waals surface area contributed by atoms with Crippen molar-refractivity contribution >= 4 is 44.4 Å². The van der Waals surface area contributed by atoms with Gasteiger partial charge in [-0.15, -0.1) is 11.3 Å². The Morgan fingerprint density at radius 3 is 2.32 bits per heavy atom. The molecule has 9 heteroatoms. The van der Waals surface area contributed by atoms with Gasteiger partial charge in [0.15, 0.2) is 0 Å². The van der Waals surface area contributed by atoms with Crippen molar-refractivity contribution in [3.05, 3.63) is 65.5 Å². The molecule has 2 amide bonds. The molecule has 3 aromatic rings. The first-order valence-corrected chi connectivity index (χ1v) is 13.6. The van der Waals surface area contributed by atoms with E-state index < -0.39 is 21.4 Å². The van der Waals surface area contributed by atoms with Gasteiger partial charge in [0.1, 0.15) is 5.60 Å². The lowest BCUT2D eigenvalue weighted by Gasteiger charge is -2.21. The first kappa shape index (κ1) is 25.5. The van der Waals surface area contributed by atoms with Crippen LogP contribution in [-0.2, 0) is 14.5 Å². The molecule has 1 heterocycles. The first-order valence-electron chi connectivity index (χ1n) is 10.8. The van der Waals surface area contributed by atoms with Gasteiger partial charge in [0.2, 0.25) is 0 Å². The number of benzene rings is 2. The minimum Gasteiger partial charge on any atom is -0.444 e. The molecule has 1 unspecified atom stereocenters. The summed E-state index contributed by atoms with van der Waals surface area (Å²) >= 11 is 1.57. The summed E-state index contributed by atoms with van der Waals surface area (Å²) < 4.78 is 22.1. The van der Waals surface area contributed by atoms with Gasteiger partial charge in [-0.2, -0.15) is 0 Å². The third kappa shape index (κ3) is 6.68. The van der Waals surface area contributed by atoms with Gasteiger partial charge in [-0.3, -0.25) is 10.1 Å². The van der Waals surface area contributed by atoms with Gasteiger partial charge in [0, 0.05) is 28.1 Å². The minimum absolute atomic E-state index is 0.364. The number of carbonyl (C=O) groups is 2. The van der Waals surface area contributed by atoms with Crippen molar-refractivity contribution in [2.75, 3.05) is 23.4 Å². The van der Waals surface area contributed by atoms with Crippen molar-refractivity contribution in [1.82, 2.24) is 0 Å². The standard InChI is InChI=1S/C25H29N3O4S2/c1-6-26-34(5,31)19-12-9-17(10-13-19)23(29)27-21-16-18(22-8-7-15-33-22)11-14-20(21)28-24(30)32-25(2,3)4/h7-16H,6H2,1-5H3,(H,27,29)(H,28,30). The number of nitrogens with one attached hydrogen (secondary N) is 2. The van der Waals surface area contributed by atoms with Crippen molar-refractivity contribution in [2.24, 2.45) is 4.36 Å². The quantitative estimate of drug-likeness (QED) is 0.405. The smallest absolute Gasteiger partial charge is 0.412 e. The van der Waals surface area contributed by atoms with Crippen molar-refractivity contribution in [3.8, 4) is 10.4 Å². The van der Waals surface area contributed by atoms with Gasteiger partial charge in [-0.05, 0) is 81.1 Å². The van der Waals surface area contributed by atoms with E-state index in [9.17, 15) is 13.8 Å². The van der Waals surface area contributed by atoms with Crippen LogP contribution in [0.5, 0.6) is 0 Å². The predicted molar refractivity (Wildman–Crippen MR) is 139 cm³/mol. The van der Waals surface area contributed by atoms with Crippen molar-refractivity contribution in [1.29, 1.82) is 0 Å². The Morgan fingerprint density at radius 1 is 1.03 bits per heavy atom. The molecule has 0 aliphatic heterocycles. The van der Waals surface area contributed by atoms with E-state index in [0.29, 0.717) is 28.4 Å².